The summed E-state index contributed by atoms with van der Waals surface area (Å²) in [4.78, 5) is 34.1. The van der Waals surface area contributed by atoms with Crippen LogP contribution in [0, 0.1) is 0 Å². The van der Waals surface area contributed by atoms with E-state index in [1.807, 2.05) is 30.3 Å². The van der Waals surface area contributed by atoms with E-state index in [4.69, 9.17) is 4.74 Å². The van der Waals surface area contributed by atoms with Crippen LogP contribution in [0.4, 0.5) is 5.69 Å². The maximum absolute atomic E-state index is 12.2. The fraction of sp³-hybridized carbons (Fsp3) is 0.136. The first-order chi connectivity index (χ1) is 14.1. The number of fused-ring (bicyclic) bond motifs is 1. The van der Waals surface area contributed by atoms with E-state index in [0.29, 0.717) is 16.9 Å². The molecule has 4 aromatic rings. The molecule has 0 spiro atoms. The second-order valence-corrected chi connectivity index (χ2v) is 6.71. The number of carbonyl (C=O) groups excluding carboxylic acids is 2. The molecule has 3 heterocycles. The summed E-state index contributed by atoms with van der Waals surface area (Å²) in [5.74, 6) is -0.560. The van der Waals surface area contributed by atoms with Crippen LogP contribution in [0.3, 0.4) is 0 Å². The predicted molar refractivity (Wildman–Crippen MR) is 110 cm³/mol. The molecule has 1 aromatic carbocycles. The van der Waals surface area contributed by atoms with E-state index in [2.05, 4.69) is 20.3 Å². The standard InChI is InChI=1S/C22H20N4O3/c1-29-22(28)19-11-17-9-15(12-24-20(17)26-19)6-5-14-3-2-4-18(10-14)25-21(27)16-7-8-23-13-16/h2-4,7-13,23H,5-6H2,1H3,(H,24,26)(H,25,27). The number of ether oxygens (including phenoxy) is 1. The summed E-state index contributed by atoms with van der Waals surface area (Å²) in [6, 6.07) is 13.3. The third-order valence-corrected chi connectivity index (χ3v) is 4.68. The van der Waals surface area contributed by atoms with E-state index in [9.17, 15) is 9.59 Å². The molecule has 0 aliphatic rings. The summed E-state index contributed by atoms with van der Waals surface area (Å²) >= 11 is 0. The highest BCUT2D eigenvalue weighted by Crippen LogP contribution is 2.18. The minimum absolute atomic E-state index is 0.146. The van der Waals surface area contributed by atoms with Gasteiger partial charge in [-0.2, -0.15) is 0 Å². The van der Waals surface area contributed by atoms with Gasteiger partial charge in [-0.1, -0.05) is 12.1 Å². The van der Waals surface area contributed by atoms with E-state index in [-0.39, 0.29) is 5.91 Å². The van der Waals surface area contributed by atoms with Crippen molar-refractivity contribution in [2.45, 2.75) is 12.8 Å². The number of aryl methyl sites for hydroxylation is 2. The van der Waals surface area contributed by atoms with Gasteiger partial charge in [-0.05, 0) is 54.3 Å². The van der Waals surface area contributed by atoms with Crippen molar-refractivity contribution in [1.82, 2.24) is 15.0 Å². The first-order valence-electron chi connectivity index (χ1n) is 9.21. The van der Waals surface area contributed by atoms with Gasteiger partial charge in [0, 0.05) is 29.7 Å². The zero-order valence-corrected chi connectivity index (χ0v) is 15.9. The number of rotatable bonds is 6. The molecule has 0 radical (unpaired) electrons. The van der Waals surface area contributed by atoms with Crippen LogP contribution in [0.5, 0.6) is 0 Å². The van der Waals surface area contributed by atoms with Gasteiger partial charge in [0.15, 0.2) is 0 Å². The van der Waals surface area contributed by atoms with Crippen LogP contribution >= 0.6 is 0 Å². The van der Waals surface area contributed by atoms with Gasteiger partial charge in [-0.15, -0.1) is 0 Å². The largest absolute Gasteiger partial charge is 0.464 e. The topological polar surface area (TPSA) is 99.9 Å². The number of aromatic nitrogens is 3. The van der Waals surface area contributed by atoms with Crippen LogP contribution < -0.4 is 5.32 Å². The molecular formula is C22H20N4O3. The Morgan fingerprint density at radius 1 is 1.10 bits per heavy atom. The Morgan fingerprint density at radius 3 is 2.76 bits per heavy atom. The Morgan fingerprint density at radius 2 is 1.97 bits per heavy atom. The lowest BCUT2D eigenvalue weighted by Crippen LogP contribution is -2.11. The highest BCUT2D eigenvalue weighted by Gasteiger charge is 2.11. The van der Waals surface area contributed by atoms with Crippen molar-refractivity contribution < 1.29 is 14.3 Å². The molecular weight excluding hydrogens is 368 g/mol. The average molecular weight is 388 g/mol. The number of aromatic amines is 2. The van der Waals surface area contributed by atoms with Crippen LogP contribution in [-0.2, 0) is 17.6 Å². The molecule has 0 fully saturated rings. The Hall–Kier alpha value is -3.87. The van der Waals surface area contributed by atoms with Gasteiger partial charge in [0.25, 0.3) is 5.91 Å². The number of benzene rings is 1. The van der Waals surface area contributed by atoms with Gasteiger partial charge in [-0.25, -0.2) is 9.78 Å². The Kier molecular flexibility index (Phi) is 5.11. The van der Waals surface area contributed by atoms with E-state index in [0.717, 1.165) is 35.0 Å². The van der Waals surface area contributed by atoms with E-state index in [1.165, 1.54) is 7.11 Å². The minimum Gasteiger partial charge on any atom is -0.464 e. The number of methoxy groups -OCH3 is 1. The molecule has 3 aromatic heterocycles. The molecule has 3 N–H and O–H groups in total. The molecule has 0 saturated heterocycles. The molecule has 0 unspecified atom stereocenters. The fourth-order valence-electron chi connectivity index (χ4n) is 3.18. The first kappa shape index (κ1) is 18.5. The van der Waals surface area contributed by atoms with Crippen molar-refractivity contribution in [3.63, 3.8) is 0 Å². The molecule has 7 nitrogen and oxygen atoms in total. The van der Waals surface area contributed by atoms with Gasteiger partial charge in [-0.3, -0.25) is 4.79 Å². The minimum atomic E-state index is -0.414. The summed E-state index contributed by atoms with van der Waals surface area (Å²) in [5, 5.41) is 3.78. The van der Waals surface area contributed by atoms with Crippen molar-refractivity contribution in [2.75, 3.05) is 12.4 Å². The molecule has 0 aliphatic heterocycles. The number of anilines is 1. The number of nitrogens with zero attached hydrogens (tertiary/aromatic N) is 1. The lowest BCUT2D eigenvalue weighted by molar-refractivity contribution is 0.0595. The van der Waals surface area contributed by atoms with Gasteiger partial charge in [0.2, 0.25) is 0 Å². The number of nitrogens with one attached hydrogen (secondary N) is 3. The number of hydrogen-bond donors (Lipinski definition) is 3. The molecule has 0 aliphatic carbocycles. The van der Waals surface area contributed by atoms with Crippen molar-refractivity contribution in [2.24, 2.45) is 0 Å². The normalized spacial score (nSPS) is 10.8. The van der Waals surface area contributed by atoms with E-state index in [1.54, 1.807) is 30.7 Å². The zero-order chi connectivity index (χ0) is 20.2. The molecule has 7 heteroatoms. The Labute approximate surface area is 167 Å². The molecule has 0 saturated carbocycles. The summed E-state index contributed by atoms with van der Waals surface area (Å²) < 4.78 is 4.73. The lowest BCUT2D eigenvalue weighted by Gasteiger charge is -2.07. The van der Waals surface area contributed by atoms with Gasteiger partial charge >= 0.3 is 5.97 Å². The van der Waals surface area contributed by atoms with E-state index >= 15 is 0 Å². The van der Waals surface area contributed by atoms with Crippen LogP contribution in [-0.4, -0.2) is 33.9 Å². The van der Waals surface area contributed by atoms with Crippen LogP contribution in [0.15, 0.2) is 61.1 Å². The zero-order valence-electron chi connectivity index (χ0n) is 15.9. The SMILES string of the molecule is COC(=O)c1cc2cc(CCc3cccc(NC(=O)c4cc[nH]c4)c3)cnc2[nH]1. The van der Waals surface area contributed by atoms with Gasteiger partial charge in [0.05, 0.1) is 12.7 Å². The van der Waals surface area contributed by atoms with Crippen molar-refractivity contribution in [3.05, 3.63) is 83.4 Å². The third kappa shape index (κ3) is 4.19. The van der Waals surface area contributed by atoms with Crippen LogP contribution in [0.25, 0.3) is 11.0 Å². The summed E-state index contributed by atoms with van der Waals surface area (Å²) in [7, 11) is 1.35. The number of hydrogen-bond acceptors (Lipinski definition) is 4. The number of amides is 1. The first-order valence-corrected chi connectivity index (χ1v) is 9.21. The molecule has 0 bridgehead atoms. The predicted octanol–water partition coefficient (Wildman–Crippen LogP) is 3.72. The molecule has 29 heavy (non-hydrogen) atoms. The quantitative estimate of drug-likeness (QED) is 0.438. The fourth-order valence-corrected chi connectivity index (χ4v) is 3.18. The molecule has 4 rings (SSSR count). The second kappa shape index (κ2) is 8.02. The maximum atomic E-state index is 12.2. The Balaban J connectivity index is 1.43. The van der Waals surface area contributed by atoms with E-state index < -0.39 is 5.97 Å². The third-order valence-electron chi connectivity index (χ3n) is 4.68. The number of H-pyrrole nitrogens is 2. The summed E-state index contributed by atoms with van der Waals surface area (Å²) in [6.45, 7) is 0. The molecule has 0 atom stereocenters. The monoisotopic (exact) mass is 388 g/mol. The maximum Gasteiger partial charge on any atom is 0.354 e. The second-order valence-electron chi connectivity index (χ2n) is 6.71. The highest BCUT2D eigenvalue weighted by atomic mass is 16.5. The summed E-state index contributed by atoms with van der Waals surface area (Å²) in [6.07, 6.45) is 6.77. The number of carbonyl (C=O) groups is 2. The molecule has 1 amide bonds. The lowest BCUT2D eigenvalue weighted by atomic mass is 10.0. The Bertz CT molecular complexity index is 1160. The van der Waals surface area contributed by atoms with Crippen molar-refractivity contribution >= 4 is 28.6 Å². The summed E-state index contributed by atoms with van der Waals surface area (Å²) in [5.41, 5.74) is 4.57. The molecule has 146 valence electrons. The van der Waals surface area contributed by atoms with Gasteiger partial charge < -0.3 is 20.0 Å². The van der Waals surface area contributed by atoms with Crippen molar-refractivity contribution in [3.8, 4) is 0 Å². The average Bonchev–Trinajstić information content (AvgIpc) is 3.41. The number of pyridine rings is 1. The van der Waals surface area contributed by atoms with Crippen LogP contribution in [0.1, 0.15) is 32.0 Å². The van der Waals surface area contributed by atoms with Crippen molar-refractivity contribution in [1.29, 1.82) is 0 Å². The highest BCUT2D eigenvalue weighted by molar-refractivity contribution is 6.04. The number of esters is 1. The van der Waals surface area contributed by atoms with Gasteiger partial charge in [0.1, 0.15) is 11.3 Å². The smallest absolute Gasteiger partial charge is 0.354 e. The van der Waals surface area contributed by atoms with Crippen LogP contribution in [0.2, 0.25) is 0 Å².